The molecule has 42 nitrogen and oxygen atoms in total. The fourth-order valence-electron chi connectivity index (χ4n) is 8.04. The fraction of sp³-hybridized carbons (Fsp3) is 0.887. The maximum absolute atomic E-state index is 12.8. The number of Topliss-reactive ketones (excluding diaryl/α,β-unsaturated/α-hetero) is 1. The molecule has 0 fully saturated rings. The predicted octanol–water partition coefficient (Wildman–Crippen LogP) is -5.15. The van der Waals surface area contributed by atoms with Crippen molar-refractivity contribution in [2.24, 2.45) is 0 Å². The summed E-state index contributed by atoms with van der Waals surface area (Å²) in [5, 5.41) is 18.9. The predicted molar refractivity (Wildman–Crippen MR) is 399 cm³/mol. The van der Waals surface area contributed by atoms with E-state index in [1.54, 1.807) is 28.4 Å². The lowest BCUT2D eigenvalue weighted by molar-refractivity contribution is -0.133. The lowest BCUT2D eigenvalue weighted by Crippen LogP contribution is -2.35. The number of ether oxygens (including phenoxy) is 27. The molecule has 0 heterocycles. The number of hydrogen-bond acceptors (Lipinski definition) is 35. The molecule has 113 heavy (non-hydrogen) atoms. The van der Waals surface area contributed by atoms with Crippen molar-refractivity contribution in [1.29, 1.82) is 0 Å². The van der Waals surface area contributed by atoms with Crippen LogP contribution in [0.5, 0.6) is 0 Å². The second-order valence-electron chi connectivity index (χ2n) is 23.5. The van der Waals surface area contributed by atoms with Gasteiger partial charge in [0, 0.05) is 80.7 Å². The van der Waals surface area contributed by atoms with Gasteiger partial charge in [0.2, 0.25) is 41.4 Å². The lowest BCUT2D eigenvalue weighted by atomic mass is 10.3. The van der Waals surface area contributed by atoms with E-state index in [0.29, 0.717) is 79.3 Å². The first kappa shape index (κ1) is 108. The van der Waals surface area contributed by atoms with Crippen LogP contribution in [0.1, 0.15) is 13.3 Å². The van der Waals surface area contributed by atoms with Crippen molar-refractivity contribution in [3.8, 4) is 0 Å². The highest BCUT2D eigenvalue weighted by molar-refractivity contribution is 5.80. The zero-order valence-electron chi connectivity index (χ0n) is 67.4. The fourth-order valence-corrected chi connectivity index (χ4v) is 8.04. The zero-order valence-corrected chi connectivity index (χ0v) is 67.4. The molecule has 0 aromatic heterocycles. The summed E-state index contributed by atoms with van der Waals surface area (Å²) in [6, 6.07) is 0. The topological polar surface area (TPSA) is 470 Å². The molecular weight excluding hydrogens is 1510 g/mol. The van der Waals surface area contributed by atoms with Crippen LogP contribution in [0.4, 0.5) is 0 Å². The molecule has 0 spiro atoms. The Kier molecular flexibility index (Phi) is 83.7. The Balaban J connectivity index is 4.99. The summed E-state index contributed by atoms with van der Waals surface area (Å²) in [7, 11) is 6.32. The van der Waals surface area contributed by atoms with Crippen LogP contribution in [0.25, 0.3) is 0 Å². The lowest BCUT2D eigenvalue weighted by Gasteiger charge is -2.19. The minimum atomic E-state index is -0.683. The Bertz CT molecular complexity index is 1980. The number of rotatable bonds is 92. The first-order valence-corrected chi connectivity index (χ1v) is 38.0. The molecule has 0 bridgehead atoms. The molecule has 0 atom stereocenters. The van der Waals surface area contributed by atoms with Gasteiger partial charge in [-0.25, -0.2) is 0 Å². The second-order valence-corrected chi connectivity index (χ2v) is 23.5. The minimum absolute atomic E-state index is 0.0265. The summed E-state index contributed by atoms with van der Waals surface area (Å²) in [6.07, 6.45) is -1.80. The summed E-state index contributed by atoms with van der Waals surface area (Å²) in [6.45, 7) is 11.5. The van der Waals surface area contributed by atoms with Gasteiger partial charge in [0.15, 0.2) is 0 Å². The first-order valence-electron chi connectivity index (χ1n) is 38.0. The van der Waals surface area contributed by atoms with Crippen LogP contribution in [0.3, 0.4) is 0 Å². The highest BCUT2D eigenvalue weighted by atomic mass is 16.6. The Morgan fingerprint density at radius 3 is 0.549 bits per heavy atom. The Morgan fingerprint density at radius 2 is 0.354 bits per heavy atom. The van der Waals surface area contributed by atoms with Crippen LogP contribution in [0, 0.1) is 0 Å². The van der Waals surface area contributed by atoms with E-state index in [4.69, 9.17) is 128 Å². The largest absolute Gasteiger partial charge is 0.382 e. The summed E-state index contributed by atoms with van der Waals surface area (Å²) >= 11 is 0. The van der Waals surface area contributed by atoms with Crippen molar-refractivity contribution >= 4 is 47.1 Å². The van der Waals surface area contributed by atoms with E-state index in [1.165, 1.54) is 6.92 Å². The third-order valence-electron chi connectivity index (χ3n) is 13.8. The van der Waals surface area contributed by atoms with Crippen LogP contribution in [0.15, 0.2) is 0 Å². The van der Waals surface area contributed by atoms with Gasteiger partial charge in [-0.1, -0.05) is 0 Å². The van der Waals surface area contributed by atoms with Gasteiger partial charge in [-0.15, -0.1) is 0 Å². The Labute approximate surface area is 664 Å². The van der Waals surface area contributed by atoms with E-state index in [2.05, 4.69) is 37.2 Å². The number of amides is 7. The van der Waals surface area contributed by atoms with Crippen molar-refractivity contribution in [2.45, 2.75) is 31.7 Å². The van der Waals surface area contributed by atoms with E-state index in [0.717, 1.165) is 0 Å². The quantitative estimate of drug-likeness (QED) is 0.0280. The molecule has 664 valence electrons. The second kappa shape index (κ2) is 87.7. The maximum atomic E-state index is 12.8. The molecule has 0 aliphatic carbocycles. The monoisotopic (exact) mass is 1650 g/mol. The van der Waals surface area contributed by atoms with Gasteiger partial charge in [-0.2, -0.15) is 0 Å². The van der Waals surface area contributed by atoms with Crippen LogP contribution < -0.4 is 37.2 Å². The highest BCUT2D eigenvalue weighted by Crippen LogP contribution is 2.01. The number of nitrogens with one attached hydrogen (secondary N) is 7. The van der Waals surface area contributed by atoms with Gasteiger partial charge in [0.1, 0.15) is 70.3 Å². The van der Waals surface area contributed by atoms with E-state index >= 15 is 0 Å². The molecule has 0 aromatic carbocycles. The molecule has 42 heteroatoms. The molecule has 0 aliphatic heterocycles. The molecule has 7 amide bonds. The summed E-state index contributed by atoms with van der Waals surface area (Å²) in [4.78, 5) is 97.6. The van der Waals surface area contributed by atoms with Gasteiger partial charge in [-0.3, -0.25) is 38.4 Å². The third-order valence-corrected chi connectivity index (χ3v) is 13.8. The van der Waals surface area contributed by atoms with Crippen molar-refractivity contribution < 1.29 is 166 Å². The molecule has 0 rings (SSSR count). The Hall–Kier alpha value is -5.12. The maximum Gasteiger partial charge on any atom is 0.246 e. The standard InChI is InChI=1S/C71H135N7O35/c1-61(79)6-7-72-69(84)58-111-62(48-101-42-32-95-18-12-77-70(85)59-112-63(50-103-38-28-91-14-8-73-65(80)54-107-44-34-97-24-20-87-2)51-104-39-29-92-15-9-74-66(81)55-108-45-35-98-25-21-88-3)49-102-43-33-96-19-13-78-71(86)60-113-64(52-105-40-30-93-16-10-75-67(82)56-109-46-36-99-26-22-89-4)53-106-41-31-94-17-11-76-68(83)57-110-47-37-100-27-23-90-5/h62-64H,6-60H2,1-5H3,(H,72,84)(H,73,80)(H,74,81)(H,75,82)(H,76,83)(H,77,85)(H,78,86). The molecular formula is C71H135N7O35. The molecule has 0 saturated carbocycles. The van der Waals surface area contributed by atoms with Crippen LogP contribution >= 0.6 is 0 Å². The molecule has 0 aromatic rings. The summed E-state index contributed by atoms with van der Waals surface area (Å²) < 4.78 is 148. The van der Waals surface area contributed by atoms with Gasteiger partial charge in [-0.05, 0) is 6.92 Å². The summed E-state index contributed by atoms with van der Waals surface area (Å²) in [5.41, 5.74) is 0. The average molecular weight is 1650 g/mol. The van der Waals surface area contributed by atoms with Gasteiger partial charge >= 0.3 is 0 Å². The highest BCUT2D eigenvalue weighted by Gasteiger charge is 2.18. The first-order chi connectivity index (χ1) is 55.3. The molecule has 0 aliphatic rings. The average Bonchev–Trinajstić information content (AvgIpc) is 1.01. The van der Waals surface area contributed by atoms with E-state index in [9.17, 15) is 38.4 Å². The molecule has 7 N–H and O–H groups in total. The zero-order chi connectivity index (χ0) is 82.3. The normalized spacial score (nSPS) is 11.5. The van der Waals surface area contributed by atoms with E-state index in [1.807, 2.05) is 0 Å². The van der Waals surface area contributed by atoms with Crippen molar-refractivity contribution in [2.75, 3.05) is 385 Å². The minimum Gasteiger partial charge on any atom is -0.382 e. The number of ketones is 1. The molecule has 0 saturated heterocycles. The van der Waals surface area contributed by atoms with Crippen LogP contribution in [0.2, 0.25) is 0 Å². The van der Waals surface area contributed by atoms with Gasteiger partial charge in [0.25, 0.3) is 0 Å². The summed E-state index contributed by atoms with van der Waals surface area (Å²) in [5.74, 6) is -2.49. The molecule has 0 radical (unpaired) electrons. The number of hydrogen-bond donors (Lipinski definition) is 7. The Morgan fingerprint density at radius 1 is 0.195 bits per heavy atom. The van der Waals surface area contributed by atoms with E-state index < -0.39 is 36.0 Å². The van der Waals surface area contributed by atoms with Crippen LogP contribution in [-0.2, 0) is 166 Å². The molecule has 0 unspecified atom stereocenters. The van der Waals surface area contributed by atoms with Crippen molar-refractivity contribution in [1.82, 2.24) is 37.2 Å². The van der Waals surface area contributed by atoms with Crippen molar-refractivity contribution in [3.63, 3.8) is 0 Å². The number of carbonyl (C=O) groups excluding carboxylic acids is 8. The van der Waals surface area contributed by atoms with E-state index in [-0.39, 0.29) is 313 Å². The van der Waals surface area contributed by atoms with Crippen LogP contribution in [-0.4, -0.2) is 450 Å². The number of carbonyl (C=O) groups is 8. The SMILES string of the molecule is COCCOCCOCC(=O)NCCOCCOCC(COCCOCCNC(=O)COCCOCCOC)OCC(=O)NCCOCCOCC(COCCOCCNC(=O)COC(COCCOCCNC(=O)COCCOCCOC)COCCOCCNC(=O)COCCOCCOC)OCC(=O)NCCC(C)=O. The van der Waals surface area contributed by atoms with Gasteiger partial charge in [0.05, 0.1) is 264 Å². The third kappa shape index (κ3) is 84.6. The van der Waals surface area contributed by atoms with Gasteiger partial charge < -0.3 is 165 Å². The number of methoxy groups -OCH3 is 4. The smallest absolute Gasteiger partial charge is 0.246 e. The van der Waals surface area contributed by atoms with Crippen molar-refractivity contribution in [3.05, 3.63) is 0 Å².